The third kappa shape index (κ3) is 4.19. The predicted octanol–water partition coefficient (Wildman–Crippen LogP) is 3.84. The Hall–Kier alpha value is -1.62. The van der Waals surface area contributed by atoms with Crippen molar-refractivity contribution in [3.05, 3.63) is 23.9 Å². The molecule has 2 aliphatic heterocycles. The van der Waals surface area contributed by atoms with Crippen molar-refractivity contribution in [2.24, 2.45) is 5.41 Å². The number of amides is 1. The number of carbonyl (C=O) groups excluding carboxylic acids is 1. The third-order valence-corrected chi connectivity index (χ3v) is 7.60. The monoisotopic (exact) mass is 384 g/mol. The number of pyridine rings is 1. The zero-order valence-electron chi connectivity index (χ0n) is 17.6. The Morgan fingerprint density at radius 1 is 1.18 bits per heavy atom. The lowest BCUT2D eigenvalue weighted by Gasteiger charge is -2.50. The first-order chi connectivity index (χ1) is 13.6. The topological polar surface area (TPSA) is 48.5 Å². The second kappa shape index (κ2) is 8.40. The zero-order valence-corrected chi connectivity index (χ0v) is 17.6. The van der Waals surface area contributed by atoms with E-state index in [-0.39, 0.29) is 11.9 Å². The summed E-state index contributed by atoms with van der Waals surface area (Å²) in [6, 6.07) is 5.03. The van der Waals surface area contributed by atoms with Crippen molar-refractivity contribution in [3.63, 3.8) is 0 Å². The summed E-state index contributed by atoms with van der Waals surface area (Å²) in [5.74, 6) is 0.992. The highest BCUT2D eigenvalue weighted by Crippen LogP contribution is 2.43. The van der Waals surface area contributed by atoms with E-state index >= 15 is 0 Å². The van der Waals surface area contributed by atoms with Crippen molar-refractivity contribution in [1.82, 2.24) is 15.2 Å². The molecule has 154 valence electrons. The van der Waals surface area contributed by atoms with Gasteiger partial charge < -0.3 is 15.1 Å². The van der Waals surface area contributed by atoms with Crippen LogP contribution < -0.4 is 10.2 Å². The van der Waals surface area contributed by atoms with Crippen LogP contribution in [0.15, 0.2) is 18.3 Å². The smallest absolute Gasteiger partial charge is 0.253 e. The van der Waals surface area contributed by atoms with Crippen molar-refractivity contribution in [2.75, 3.05) is 31.1 Å². The lowest BCUT2D eigenvalue weighted by molar-refractivity contribution is 0.0305. The number of hydrogen-bond acceptors (Lipinski definition) is 4. The summed E-state index contributed by atoms with van der Waals surface area (Å²) in [4.78, 5) is 22.0. The summed E-state index contributed by atoms with van der Waals surface area (Å²) in [7, 11) is 0. The molecule has 1 aromatic heterocycles. The lowest BCUT2D eigenvalue weighted by Crippen LogP contribution is -2.51. The van der Waals surface area contributed by atoms with Gasteiger partial charge in [0.25, 0.3) is 5.91 Å². The molecule has 4 rings (SSSR count). The number of hydrogen-bond donors (Lipinski definition) is 1. The van der Waals surface area contributed by atoms with Crippen LogP contribution in [0.1, 0.15) is 75.6 Å². The molecule has 1 spiro atoms. The van der Waals surface area contributed by atoms with Gasteiger partial charge in [-0.25, -0.2) is 4.98 Å². The standard InChI is InChI=1S/C23H36N4O/c1-3-18(2)25-22(28)19-7-8-21(24-17-19)27-15-11-23(12-16-27)9-13-26(14-10-23)20-5-4-6-20/h7-8,17-18,20H,3-6,9-16H2,1-2H3,(H,25,28). The van der Waals surface area contributed by atoms with Crippen molar-refractivity contribution >= 4 is 11.7 Å². The number of likely N-dealkylation sites (tertiary alicyclic amines) is 1. The molecule has 0 bridgehead atoms. The number of nitrogens with one attached hydrogen (secondary N) is 1. The fourth-order valence-electron chi connectivity index (χ4n) is 4.94. The van der Waals surface area contributed by atoms with E-state index in [0.717, 1.165) is 31.4 Å². The molecule has 3 heterocycles. The van der Waals surface area contributed by atoms with Crippen LogP contribution in [0.5, 0.6) is 0 Å². The van der Waals surface area contributed by atoms with Crippen LogP contribution in [0.3, 0.4) is 0 Å². The molecule has 1 unspecified atom stereocenters. The molecular weight excluding hydrogens is 348 g/mol. The van der Waals surface area contributed by atoms with E-state index in [1.165, 1.54) is 58.0 Å². The average Bonchev–Trinajstić information content (AvgIpc) is 2.69. The van der Waals surface area contributed by atoms with Crippen LogP contribution in [-0.4, -0.2) is 54.1 Å². The Morgan fingerprint density at radius 2 is 1.86 bits per heavy atom. The van der Waals surface area contributed by atoms with Crippen molar-refractivity contribution in [3.8, 4) is 0 Å². The molecule has 1 aromatic rings. The van der Waals surface area contributed by atoms with Crippen LogP contribution >= 0.6 is 0 Å². The van der Waals surface area contributed by atoms with Gasteiger partial charge in [0.2, 0.25) is 0 Å². The van der Waals surface area contributed by atoms with Gasteiger partial charge in [0.05, 0.1) is 5.56 Å². The summed E-state index contributed by atoms with van der Waals surface area (Å²) < 4.78 is 0. The summed E-state index contributed by atoms with van der Waals surface area (Å²) >= 11 is 0. The summed E-state index contributed by atoms with van der Waals surface area (Å²) in [6.07, 6.45) is 12.3. The molecule has 28 heavy (non-hydrogen) atoms. The number of aromatic nitrogens is 1. The van der Waals surface area contributed by atoms with E-state index in [9.17, 15) is 4.79 Å². The maximum Gasteiger partial charge on any atom is 0.253 e. The van der Waals surface area contributed by atoms with Gasteiger partial charge in [-0.2, -0.15) is 0 Å². The van der Waals surface area contributed by atoms with Crippen LogP contribution in [0.25, 0.3) is 0 Å². The highest BCUT2D eigenvalue weighted by atomic mass is 16.1. The van der Waals surface area contributed by atoms with Crippen molar-refractivity contribution in [2.45, 2.75) is 77.3 Å². The Morgan fingerprint density at radius 3 is 2.39 bits per heavy atom. The van der Waals surface area contributed by atoms with Gasteiger partial charge in [-0.1, -0.05) is 13.3 Å². The molecule has 3 aliphatic rings. The Bertz CT molecular complexity index is 652. The Kier molecular flexibility index (Phi) is 5.91. The van der Waals surface area contributed by atoms with Crippen LogP contribution in [-0.2, 0) is 0 Å². The molecule has 1 N–H and O–H groups in total. The second-order valence-electron chi connectivity index (χ2n) is 9.30. The van der Waals surface area contributed by atoms with Gasteiger partial charge in [-0.3, -0.25) is 4.79 Å². The molecule has 3 fully saturated rings. The molecule has 0 radical (unpaired) electrons. The molecule has 5 heteroatoms. The van der Waals surface area contributed by atoms with Gasteiger partial charge in [0.1, 0.15) is 5.82 Å². The second-order valence-corrected chi connectivity index (χ2v) is 9.30. The van der Waals surface area contributed by atoms with Gasteiger partial charge >= 0.3 is 0 Å². The number of anilines is 1. The first-order valence-corrected chi connectivity index (χ1v) is 11.3. The number of rotatable bonds is 5. The minimum Gasteiger partial charge on any atom is -0.357 e. The van der Waals surface area contributed by atoms with Gasteiger partial charge in [0, 0.05) is 31.4 Å². The SMILES string of the molecule is CCC(C)NC(=O)c1ccc(N2CCC3(CC2)CCN(C2CCC2)CC3)nc1. The van der Waals surface area contributed by atoms with Crippen LogP contribution in [0, 0.1) is 5.41 Å². The largest absolute Gasteiger partial charge is 0.357 e. The highest BCUT2D eigenvalue weighted by molar-refractivity contribution is 5.94. The van der Waals surface area contributed by atoms with Crippen molar-refractivity contribution in [1.29, 1.82) is 0 Å². The Balaban J connectivity index is 1.28. The number of nitrogens with zero attached hydrogens (tertiary/aromatic N) is 3. The van der Waals surface area contributed by atoms with Gasteiger partial charge in [-0.05, 0) is 82.5 Å². The van der Waals surface area contributed by atoms with Crippen LogP contribution in [0.4, 0.5) is 5.82 Å². The molecule has 1 saturated carbocycles. The third-order valence-electron chi connectivity index (χ3n) is 7.60. The summed E-state index contributed by atoms with van der Waals surface area (Å²) in [5, 5.41) is 3.01. The average molecular weight is 385 g/mol. The van der Waals surface area contributed by atoms with E-state index in [0.29, 0.717) is 11.0 Å². The van der Waals surface area contributed by atoms with E-state index in [4.69, 9.17) is 0 Å². The summed E-state index contributed by atoms with van der Waals surface area (Å²) in [5.41, 5.74) is 1.22. The molecule has 5 nitrogen and oxygen atoms in total. The van der Waals surface area contributed by atoms with Gasteiger partial charge in [0.15, 0.2) is 0 Å². The molecule has 1 amide bonds. The normalized spacial score (nSPS) is 24.0. The quantitative estimate of drug-likeness (QED) is 0.838. The maximum atomic E-state index is 12.2. The van der Waals surface area contributed by atoms with E-state index < -0.39 is 0 Å². The Labute approximate surface area is 169 Å². The van der Waals surface area contributed by atoms with E-state index in [1.54, 1.807) is 6.20 Å². The maximum absolute atomic E-state index is 12.2. The minimum atomic E-state index is -0.0239. The van der Waals surface area contributed by atoms with E-state index in [1.807, 2.05) is 19.1 Å². The molecule has 1 aliphatic carbocycles. The molecule has 1 atom stereocenters. The van der Waals surface area contributed by atoms with Gasteiger partial charge in [-0.15, -0.1) is 0 Å². The highest BCUT2D eigenvalue weighted by Gasteiger charge is 2.39. The fourth-order valence-corrected chi connectivity index (χ4v) is 4.94. The van der Waals surface area contributed by atoms with Crippen LogP contribution in [0.2, 0.25) is 0 Å². The number of piperidine rings is 2. The first kappa shape index (κ1) is 19.7. The van der Waals surface area contributed by atoms with E-state index in [2.05, 4.69) is 27.0 Å². The summed E-state index contributed by atoms with van der Waals surface area (Å²) in [6.45, 7) is 8.90. The van der Waals surface area contributed by atoms with Crippen molar-refractivity contribution < 1.29 is 4.79 Å². The number of carbonyl (C=O) groups is 1. The predicted molar refractivity (Wildman–Crippen MR) is 114 cm³/mol. The first-order valence-electron chi connectivity index (χ1n) is 11.3. The zero-order chi connectivity index (χ0) is 19.6. The fraction of sp³-hybridized carbons (Fsp3) is 0.739. The minimum absolute atomic E-state index is 0.0239. The lowest BCUT2D eigenvalue weighted by atomic mass is 9.70. The molecule has 2 saturated heterocycles. The molecule has 0 aromatic carbocycles. The molecular formula is C23H36N4O.